The molecular weight excluding hydrogens is 284 g/mol. The lowest BCUT2D eigenvalue weighted by Crippen LogP contribution is -2.43. The Labute approximate surface area is 128 Å². The average molecular weight is 302 g/mol. The fourth-order valence-corrected chi connectivity index (χ4v) is 3.19. The van der Waals surface area contributed by atoms with Gasteiger partial charge < -0.3 is 15.1 Å². The lowest BCUT2D eigenvalue weighted by atomic mass is 10.1. The molecule has 4 nitrogen and oxygen atoms in total. The van der Waals surface area contributed by atoms with Crippen molar-refractivity contribution in [2.45, 2.75) is 31.7 Å². The molecule has 0 saturated heterocycles. The van der Waals surface area contributed by atoms with E-state index in [1.165, 1.54) is 6.26 Å². The first-order valence-corrected chi connectivity index (χ1v) is 7.63. The Hall–Kier alpha value is -1.88. The molecule has 1 aromatic heterocycles. The zero-order valence-corrected chi connectivity index (χ0v) is 12.6. The van der Waals surface area contributed by atoms with Gasteiger partial charge in [0.25, 0.3) is 5.91 Å². The van der Waals surface area contributed by atoms with E-state index in [-0.39, 0.29) is 11.9 Å². The largest absolute Gasteiger partial charge is 0.463 e. The van der Waals surface area contributed by atoms with Crippen molar-refractivity contribution >= 4 is 34.1 Å². The minimum atomic E-state index is -0.0420. The van der Waals surface area contributed by atoms with Gasteiger partial charge in [0, 0.05) is 11.4 Å². The number of furan rings is 1. The summed E-state index contributed by atoms with van der Waals surface area (Å²) in [4.78, 5) is 15.1. The van der Waals surface area contributed by atoms with E-state index in [1.54, 1.807) is 0 Å². The zero-order valence-electron chi connectivity index (χ0n) is 11.7. The predicted octanol–water partition coefficient (Wildman–Crippen LogP) is 3.10. The molecule has 110 valence electrons. The summed E-state index contributed by atoms with van der Waals surface area (Å²) >= 11 is 5.01. The Morgan fingerprint density at radius 3 is 2.76 bits per heavy atom. The first-order valence-electron chi connectivity index (χ1n) is 7.22. The lowest BCUT2D eigenvalue weighted by molar-refractivity contribution is 0.0715. The van der Waals surface area contributed by atoms with Crippen LogP contribution >= 0.6 is 12.2 Å². The fourth-order valence-electron chi connectivity index (χ4n) is 3.05. The van der Waals surface area contributed by atoms with Crippen molar-refractivity contribution in [2.75, 3.05) is 6.54 Å². The van der Waals surface area contributed by atoms with Crippen LogP contribution in [0.3, 0.4) is 0 Å². The summed E-state index contributed by atoms with van der Waals surface area (Å²) in [6, 6.07) is 7.79. The highest BCUT2D eigenvalue weighted by Crippen LogP contribution is 2.27. The molecule has 0 atom stereocenters. The zero-order chi connectivity index (χ0) is 14.8. The van der Waals surface area contributed by atoms with Crippen LogP contribution in [-0.2, 0) is 0 Å². The summed E-state index contributed by atoms with van der Waals surface area (Å²) in [5.41, 5.74) is 6.99. The summed E-state index contributed by atoms with van der Waals surface area (Å²) < 4.78 is 5.48. The molecule has 1 aromatic carbocycles. The van der Waals surface area contributed by atoms with Gasteiger partial charge in [0.2, 0.25) is 0 Å². The van der Waals surface area contributed by atoms with Crippen molar-refractivity contribution in [3.8, 4) is 0 Å². The van der Waals surface area contributed by atoms with Gasteiger partial charge in [-0.2, -0.15) is 0 Å². The Morgan fingerprint density at radius 1 is 1.33 bits per heavy atom. The molecule has 1 aliphatic carbocycles. The summed E-state index contributed by atoms with van der Waals surface area (Å²) in [6.07, 6.45) is 5.87. The van der Waals surface area contributed by atoms with Crippen molar-refractivity contribution in [1.82, 2.24) is 4.90 Å². The molecule has 0 radical (unpaired) electrons. The molecule has 5 heteroatoms. The van der Waals surface area contributed by atoms with E-state index in [9.17, 15) is 4.79 Å². The normalized spacial score (nSPS) is 15.4. The smallest absolute Gasteiger partial charge is 0.258 e. The number of rotatable bonds is 4. The molecule has 0 bridgehead atoms. The molecule has 21 heavy (non-hydrogen) atoms. The molecule has 0 spiro atoms. The molecule has 3 rings (SSSR count). The molecule has 1 saturated carbocycles. The maximum absolute atomic E-state index is 12.9. The first-order chi connectivity index (χ1) is 10.2. The summed E-state index contributed by atoms with van der Waals surface area (Å²) in [5.74, 6) is -0.0420. The second-order valence-corrected chi connectivity index (χ2v) is 6.01. The van der Waals surface area contributed by atoms with Crippen molar-refractivity contribution in [3.05, 3.63) is 36.1 Å². The van der Waals surface area contributed by atoms with Gasteiger partial charge in [-0.05, 0) is 18.9 Å². The fraction of sp³-hybridized carbons (Fsp3) is 0.375. The highest BCUT2D eigenvalue weighted by Gasteiger charge is 2.29. The monoisotopic (exact) mass is 302 g/mol. The Bertz CT molecular complexity index is 674. The highest BCUT2D eigenvalue weighted by atomic mass is 32.1. The van der Waals surface area contributed by atoms with Crippen LogP contribution in [-0.4, -0.2) is 28.4 Å². The van der Waals surface area contributed by atoms with E-state index in [1.807, 2.05) is 29.2 Å². The van der Waals surface area contributed by atoms with E-state index in [0.717, 1.165) is 36.7 Å². The first kappa shape index (κ1) is 14.1. The number of nitrogens with zero attached hydrogens (tertiary/aromatic N) is 1. The number of hydrogen-bond acceptors (Lipinski definition) is 3. The minimum Gasteiger partial charge on any atom is -0.463 e. The minimum absolute atomic E-state index is 0.0420. The number of carbonyl (C=O) groups excluding carboxylic acids is 1. The van der Waals surface area contributed by atoms with Crippen LogP contribution in [0.5, 0.6) is 0 Å². The second kappa shape index (κ2) is 5.85. The maximum Gasteiger partial charge on any atom is 0.258 e. The van der Waals surface area contributed by atoms with E-state index in [2.05, 4.69) is 0 Å². The van der Waals surface area contributed by atoms with Gasteiger partial charge in [0.05, 0.1) is 17.1 Å². The van der Waals surface area contributed by atoms with E-state index in [0.29, 0.717) is 17.1 Å². The van der Waals surface area contributed by atoms with Gasteiger partial charge in [0.1, 0.15) is 11.8 Å². The van der Waals surface area contributed by atoms with Crippen LogP contribution in [0, 0.1) is 0 Å². The van der Waals surface area contributed by atoms with Crippen LogP contribution in [0.1, 0.15) is 36.0 Å². The molecule has 1 heterocycles. The summed E-state index contributed by atoms with van der Waals surface area (Å²) in [7, 11) is 0. The van der Waals surface area contributed by atoms with Crippen LogP contribution in [0.2, 0.25) is 0 Å². The molecule has 1 aliphatic rings. The molecule has 2 N–H and O–H groups in total. The van der Waals surface area contributed by atoms with Gasteiger partial charge in [-0.3, -0.25) is 4.79 Å². The van der Waals surface area contributed by atoms with Gasteiger partial charge >= 0.3 is 0 Å². The number of hydrogen-bond donors (Lipinski definition) is 1. The lowest BCUT2D eigenvalue weighted by Gasteiger charge is -2.28. The van der Waals surface area contributed by atoms with Crippen LogP contribution < -0.4 is 5.73 Å². The van der Waals surface area contributed by atoms with Crippen molar-refractivity contribution < 1.29 is 9.21 Å². The number of fused-ring (bicyclic) bond motifs is 1. The van der Waals surface area contributed by atoms with Crippen molar-refractivity contribution in [2.24, 2.45) is 5.73 Å². The van der Waals surface area contributed by atoms with Crippen molar-refractivity contribution in [3.63, 3.8) is 0 Å². The van der Waals surface area contributed by atoms with Crippen LogP contribution in [0.4, 0.5) is 0 Å². The third-order valence-electron chi connectivity index (χ3n) is 4.06. The molecule has 1 amide bonds. The van der Waals surface area contributed by atoms with Crippen LogP contribution in [0.25, 0.3) is 11.0 Å². The molecule has 0 aliphatic heterocycles. The van der Waals surface area contributed by atoms with E-state index < -0.39 is 0 Å². The Kier molecular flexibility index (Phi) is 3.92. The number of benzene rings is 1. The standard InChI is InChI=1S/C16H18N2O2S/c17-15(21)9-18(11-5-1-2-6-11)16(19)13-10-20-14-8-4-3-7-12(13)14/h3-4,7-8,10-11H,1-2,5-6,9H2,(H2,17,21). The number of thiocarbonyl (C=S) groups is 1. The van der Waals surface area contributed by atoms with E-state index in [4.69, 9.17) is 22.4 Å². The number of carbonyl (C=O) groups is 1. The van der Waals surface area contributed by atoms with Gasteiger partial charge in [0.15, 0.2) is 0 Å². The van der Waals surface area contributed by atoms with Gasteiger partial charge in [-0.1, -0.05) is 43.3 Å². The average Bonchev–Trinajstić information content (AvgIpc) is 3.13. The molecule has 2 aromatic rings. The predicted molar refractivity (Wildman–Crippen MR) is 86.3 cm³/mol. The topological polar surface area (TPSA) is 59.5 Å². The van der Waals surface area contributed by atoms with Gasteiger partial charge in [-0.25, -0.2) is 0 Å². The third kappa shape index (κ3) is 2.78. The van der Waals surface area contributed by atoms with Crippen molar-refractivity contribution in [1.29, 1.82) is 0 Å². The van der Waals surface area contributed by atoms with E-state index >= 15 is 0 Å². The quantitative estimate of drug-likeness (QED) is 0.882. The molecule has 0 unspecified atom stereocenters. The molecule has 1 fully saturated rings. The third-order valence-corrected chi connectivity index (χ3v) is 4.19. The van der Waals surface area contributed by atoms with Gasteiger partial charge in [-0.15, -0.1) is 0 Å². The Morgan fingerprint density at radius 2 is 2.05 bits per heavy atom. The Balaban J connectivity index is 1.94. The number of para-hydroxylation sites is 1. The highest BCUT2D eigenvalue weighted by molar-refractivity contribution is 7.80. The number of nitrogens with two attached hydrogens (primary N) is 1. The number of amides is 1. The molecular formula is C16H18N2O2S. The van der Waals surface area contributed by atoms with Crippen LogP contribution in [0.15, 0.2) is 34.9 Å². The second-order valence-electron chi connectivity index (χ2n) is 5.48. The SMILES string of the molecule is NC(=S)CN(C(=O)c1coc2ccccc12)C1CCCC1. The summed E-state index contributed by atoms with van der Waals surface area (Å²) in [6.45, 7) is 0.332. The summed E-state index contributed by atoms with van der Waals surface area (Å²) in [5, 5.41) is 0.841. The maximum atomic E-state index is 12.9.